The molecule has 0 atom stereocenters. The van der Waals surface area contributed by atoms with E-state index in [1.54, 1.807) is 6.20 Å². The number of halogens is 3. The fraction of sp³-hybridized carbons (Fsp3) is 0.217. The summed E-state index contributed by atoms with van der Waals surface area (Å²) in [5, 5.41) is 18.7. The van der Waals surface area contributed by atoms with Crippen LogP contribution in [0.5, 0.6) is 5.75 Å². The first-order chi connectivity index (χ1) is 14.6. The van der Waals surface area contributed by atoms with Crippen molar-refractivity contribution in [3.8, 4) is 17.6 Å². The van der Waals surface area contributed by atoms with E-state index in [0.717, 1.165) is 18.0 Å². The van der Waals surface area contributed by atoms with Crippen molar-refractivity contribution in [2.75, 3.05) is 0 Å². The Kier molecular flexibility index (Phi) is 6.35. The number of alkyl halides is 3. The molecule has 0 bridgehead atoms. The molecule has 1 aromatic heterocycles. The Labute approximate surface area is 176 Å². The first-order valence-corrected chi connectivity index (χ1v) is 9.41. The average molecular weight is 428 g/mol. The first-order valence-electron chi connectivity index (χ1n) is 9.41. The Morgan fingerprint density at radius 2 is 1.84 bits per heavy atom. The molecule has 0 aliphatic carbocycles. The van der Waals surface area contributed by atoms with Gasteiger partial charge in [0, 0.05) is 30.1 Å². The van der Waals surface area contributed by atoms with Gasteiger partial charge in [0.2, 0.25) is 0 Å². The summed E-state index contributed by atoms with van der Waals surface area (Å²) in [7, 11) is 0. The molecule has 0 saturated carbocycles. The number of hydrogen-bond donors (Lipinski definition) is 2. The van der Waals surface area contributed by atoms with Crippen LogP contribution in [0.4, 0.5) is 13.2 Å². The molecule has 0 aliphatic heterocycles. The van der Waals surface area contributed by atoms with E-state index in [9.17, 15) is 28.2 Å². The van der Waals surface area contributed by atoms with Crippen LogP contribution in [-0.4, -0.2) is 25.7 Å². The van der Waals surface area contributed by atoms with Crippen molar-refractivity contribution in [2.24, 2.45) is 0 Å². The van der Waals surface area contributed by atoms with Crippen molar-refractivity contribution >= 4 is 5.97 Å². The highest BCUT2D eigenvalue weighted by atomic mass is 19.4. The average Bonchev–Trinajstić information content (AvgIpc) is 3.11. The van der Waals surface area contributed by atoms with Crippen molar-refractivity contribution in [3.05, 3.63) is 82.4 Å². The molecule has 2 aromatic carbocycles. The number of aromatic carboxylic acids is 1. The van der Waals surface area contributed by atoms with Gasteiger partial charge in [-0.25, -0.2) is 9.78 Å². The van der Waals surface area contributed by atoms with Gasteiger partial charge in [-0.05, 0) is 61.7 Å². The number of phenolic OH excluding ortho intramolecular Hbond substituents is 1. The van der Waals surface area contributed by atoms with Crippen LogP contribution in [-0.2, 0) is 19.1 Å². The second-order valence-electron chi connectivity index (χ2n) is 6.93. The number of aromatic hydroxyl groups is 1. The van der Waals surface area contributed by atoms with Crippen LogP contribution in [0.3, 0.4) is 0 Å². The summed E-state index contributed by atoms with van der Waals surface area (Å²) < 4.78 is 41.7. The van der Waals surface area contributed by atoms with E-state index < -0.39 is 23.5 Å². The van der Waals surface area contributed by atoms with Gasteiger partial charge in [-0.3, -0.25) is 0 Å². The Hall–Kier alpha value is -3.73. The molecular formula is C23H19F3N2O3. The molecule has 1 heterocycles. The molecule has 0 aliphatic rings. The monoisotopic (exact) mass is 428 g/mol. The fourth-order valence-electron chi connectivity index (χ4n) is 3.15. The van der Waals surface area contributed by atoms with Crippen LogP contribution >= 0.6 is 0 Å². The fourth-order valence-corrected chi connectivity index (χ4v) is 3.15. The van der Waals surface area contributed by atoms with Crippen molar-refractivity contribution in [3.63, 3.8) is 0 Å². The number of nitrogens with zero attached hydrogens (tertiary/aromatic N) is 2. The van der Waals surface area contributed by atoms with Crippen LogP contribution < -0.4 is 0 Å². The van der Waals surface area contributed by atoms with Gasteiger partial charge >= 0.3 is 12.1 Å². The number of hydrogen-bond acceptors (Lipinski definition) is 3. The van der Waals surface area contributed by atoms with Gasteiger partial charge in [0.15, 0.2) is 0 Å². The SMILES string of the molecule is Cc1nccn1CCCc1cc(C(=O)O)ccc1C#Cc1ccc(O)cc1C(F)(F)F. The van der Waals surface area contributed by atoms with E-state index in [4.69, 9.17) is 0 Å². The lowest BCUT2D eigenvalue weighted by molar-refractivity contribution is -0.137. The summed E-state index contributed by atoms with van der Waals surface area (Å²) in [4.78, 5) is 15.5. The quantitative estimate of drug-likeness (QED) is 0.581. The topological polar surface area (TPSA) is 75.4 Å². The maximum absolute atomic E-state index is 13.3. The number of carboxylic acids is 1. The summed E-state index contributed by atoms with van der Waals surface area (Å²) in [6.45, 7) is 2.53. The van der Waals surface area contributed by atoms with Crippen LogP contribution in [0.15, 0.2) is 48.8 Å². The number of benzene rings is 2. The number of rotatable bonds is 5. The lowest BCUT2D eigenvalue weighted by Crippen LogP contribution is -2.07. The van der Waals surface area contributed by atoms with E-state index in [-0.39, 0.29) is 11.1 Å². The number of aromatic nitrogens is 2. The molecule has 0 amide bonds. The number of carbonyl (C=O) groups is 1. The van der Waals surface area contributed by atoms with Crippen molar-refractivity contribution in [2.45, 2.75) is 32.5 Å². The third-order valence-corrected chi connectivity index (χ3v) is 4.76. The summed E-state index contributed by atoms with van der Waals surface area (Å²) in [6.07, 6.45) is 0.0220. The van der Waals surface area contributed by atoms with Crippen molar-refractivity contribution in [1.82, 2.24) is 9.55 Å². The Morgan fingerprint density at radius 3 is 2.48 bits per heavy atom. The summed E-state index contributed by atoms with van der Waals surface area (Å²) in [5.41, 5.74) is -0.127. The Morgan fingerprint density at radius 1 is 1.13 bits per heavy atom. The molecule has 3 rings (SSSR count). The minimum Gasteiger partial charge on any atom is -0.508 e. The molecule has 5 nitrogen and oxygen atoms in total. The second-order valence-corrected chi connectivity index (χ2v) is 6.93. The molecule has 0 spiro atoms. The molecule has 2 N–H and O–H groups in total. The molecule has 0 unspecified atom stereocenters. The summed E-state index contributed by atoms with van der Waals surface area (Å²) >= 11 is 0. The van der Waals surface area contributed by atoms with Gasteiger partial charge in [0.05, 0.1) is 11.1 Å². The van der Waals surface area contributed by atoms with Crippen LogP contribution in [0, 0.1) is 18.8 Å². The van der Waals surface area contributed by atoms with Crippen molar-refractivity contribution in [1.29, 1.82) is 0 Å². The zero-order chi connectivity index (χ0) is 22.6. The van der Waals surface area contributed by atoms with Gasteiger partial charge < -0.3 is 14.8 Å². The molecule has 8 heteroatoms. The highest BCUT2D eigenvalue weighted by molar-refractivity contribution is 5.88. The molecule has 0 fully saturated rings. The lowest BCUT2D eigenvalue weighted by atomic mass is 9.99. The minimum atomic E-state index is -4.67. The van der Waals surface area contributed by atoms with Crippen LogP contribution in [0.25, 0.3) is 0 Å². The normalized spacial score (nSPS) is 11.1. The molecular weight excluding hydrogens is 409 g/mol. The maximum atomic E-state index is 13.3. The predicted molar refractivity (Wildman–Crippen MR) is 108 cm³/mol. The molecule has 0 radical (unpaired) electrons. The molecule has 0 saturated heterocycles. The van der Waals surface area contributed by atoms with Gasteiger partial charge in [0.1, 0.15) is 11.6 Å². The number of carboxylic acid groups (broad SMARTS) is 1. The number of imidazole rings is 1. The standard InChI is InChI=1S/C23H19F3N2O3/c1-15-27-10-12-28(15)11-2-3-18-13-19(22(30)31)7-5-16(18)4-6-17-8-9-20(29)14-21(17)23(24,25)26/h5,7-10,12-14,29H,2-3,11H2,1H3,(H,30,31). The second kappa shape index (κ2) is 8.96. The zero-order valence-electron chi connectivity index (χ0n) is 16.6. The van der Waals surface area contributed by atoms with E-state index in [2.05, 4.69) is 16.8 Å². The minimum absolute atomic E-state index is 0.0833. The smallest absolute Gasteiger partial charge is 0.417 e. The zero-order valence-corrected chi connectivity index (χ0v) is 16.6. The highest BCUT2D eigenvalue weighted by Crippen LogP contribution is 2.33. The van der Waals surface area contributed by atoms with Crippen LogP contribution in [0.2, 0.25) is 0 Å². The Balaban J connectivity index is 1.92. The highest BCUT2D eigenvalue weighted by Gasteiger charge is 2.33. The first kappa shape index (κ1) is 22.0. The Bertz CT molecular complexity index is 1170. The number of phenols is 1. The summed E-state index contributed by atoms with van der Waals surface area (Å²) in [6, 6.07) is 7.25. The predicted octanol–water partition coefficient (Wildman–Crippen LogP) is 4.65. The van der Waals surface area contributed by atoms with E-state index in [0.29, 0.717) is 36.6 Å². The number of aryl methyl sites for hydroxylation is 3. The van der Waals surface area contributed by atoms with E-state index >= 15 is 0 Å². The molecule has 3 aromatic rings. The summed E-state index contributed by atoms with van der Waals surface area (Å²) in [5.74, 6) is 4.52. The third kappa shape index (κ3) is 5.45. The van der Waals surface area contributed by atoms with E-state index in [1.807, 2.05) is 17.7 Å². The third-order valence-electron chi connectivity index (χ3n) is 4.76. The maximum Gasteiger partial charge on any atom is 0.417 e. The van der Waals surface area contributed by atoms with Gasteiger partial charge in [-0.1, -0.05) is 11.8 Å². The van der Waals surface area contributed by atoms with Gasteiger partial charge in [-0.15, -0.1) is 0 Å². The van der Waals surface area contributed by atoms with Gasteiger partial charge in [0.25, 0.3) is 0 Å². The molecule has 160 valence electrons. The van der Waals surface area contributed by atoms with Crippen LogP contribution in [0.1, 0.15) is 44.9 Å². The van der Waals surface area contributed by atoms with Gasteiger partial charge in [-0.2, -0.15) is 13.2 Å². The molecule has 31 heavy (non-hydrogen) atoms. The largest absolute Gasteiger partial charge is 0.508 e. The van der Waals surface area contributed by atoms with E-state index in [1.165, 1.54) is 18.2 Å². The lowest BCUT2D eigenvalue weighted by Gasteiger charge is -2.10. The van der Waals surface area contributed by atoms with Crippen molar-refractivity contribution < 1.29 is 28.2 Å².